The van der Waals surface area contributed by atoms with Gasteiger partial charge in [-0.05, 0) is 25.0 Å². The van der Waals surface area contributed by atoms with Crippen molar-refractivity contribution in [2.45, 2.75) is 24.8 Å². The molecule has 144 valence electrons. The molecule has 1 aromatic heterocycles. The third kappa shape index (κ3) is 2.79. The van der Waals surface area contributed by atoms with Crippen LogP contribution in [0, 0.1) is 12.3 Å². The molecule has 0 saturated carbocycles. The Labute approximate surface area is 155 Å². The van der Waals surface area contributed by atoms with Gasteiger partial charge < -0.3 is 4.90 Å². The van der Waals surface area contributed by atoms with Crippen molar-refractivity contribution in [3.63, 3.8) is 0 Å². The second kappa shape index (κ2) is 5.92. The Balaban J connectivity index is 1.74. The molecule has 0 aliphatic carbocycles. The average Bonchev–Trinajstić information content (AvgIpc) is 3.14. The zero-order valence-electron chi connectivity index (χ0n) is 14.6. The number of anilines is 1. The minimum absolute atomic E-state index is 0.214. The first-order valence-electron chi connectivity index (χ1n) is 8.57. The van der Waals surface area contributed by atoms with Gasteiger partial charge >= 0.3 is 6.18 Å². The quantitative estimate of drug-likeness (QED) is 0.780. The van der Waals surface area contributed by atoms with E-state index in [0.29, 0.717) is 5.69 Å². The van der Waals surface area contributed by atoms with Crippen molar-refractivity contribution in [3.8, 4) is 11.1 Å². The third-order valence-corrected chi connectivity index (χ3v) is 7.92. The number of halogens is 3. The van der Waals surface area contributed by atoms with Crippen LogP contribution >= 0.6 is 0 Å². The first-order valence-corrected chi connectivity index (χ1v) is 10.3. The smallest absolute Gasteiger partial charge is 0.353 e. The van der Waals surface area contributed by atoms with Gasteiger partial charge in [0.15, 0.2) is 15.7 Å². The second-order valence-electron chi connectivity index (χ2n) is 7.21. The Morgan fingerprint density at radius 3 is 2.52 bits per heavy atom. The van der Waals surface area contributed by atoms with Crippen molar-refractivity contribution < 1.29 is 21.6 Å². The summed E-state index contributed by atoms with van der Waals surface area (Å²) in [4.78, 5) is 1.41. The minimum atomic E-state index is -4.59. The zero-order chi connectivity index (χ0) is 19.4. The molecule has 2 atom stereocenters. The lowest BCUT2D eigenvalue weighted by Gasteiger charge is -2.30. The molecular formula is C18H18F3N3O2S. The maximum absolute atomic E-state index is 13.8. The lowest BCUT2D eigenvalue weighted by molar-refractivity contribution is -0.213. The standard InChI is InChI=1S/C18H18F3N3O2S/c1-12-14(13-5-3-2-4-6-13)9-16(23-22-12)24-10-15-17(11-24,18(19,20)21)7-8-27(15,25)26/h2-6,9,15H,7-8,10-11H2,1H3/t15-,17-/m1/s1. The predicted octanol–water partition coefficient (Wildman–Crippen LogP) is 3.01. The van der Waals surface area contributed by atoms with E-state index >= 15 is 0 Å². The number of nitrogens with zero attached hydrogens (tertiary/aromatic N) is 3. The highest BCUT2D eigenvalue weighted by molar-refractivity contribution is 7.92. The molecule has 27 heavy (non-hydrogen) atoms. The molecule has 2 saturated heterocycles. The largest absolute Gasteiger partial charge is 0.397 e. The van der Waals surface area contributed by atoms with Crippen LogP contribution in [0.5, 0.6) is 0 Å². The number of benzene rings is 1. The normalized spacial score (nSPS) is 27.0. The van der Waals surface area contributed by atoms with Crippen LogP contribution in [0.2, 0.25) is 0 Å². The van der Waals surface area contributed by atoms with Crippen molar-refractivity contribution in [2.24, 2.45) is 5.41 Å². The molecule has 5 nitrogen and oxygen atoms in total. The third-order valence-electron chi connectivity index (χ3n) is 5.68. The summed E-state index contributed by atoms with van der Waals surface area (Å²) in [6.45, 7) is 1.15. The number of fused-ring (bicyclic) bond motifs is 1. The van der Waals surface area contributed by atoms with Gasteiger partial charge in [0.05, 0.1) is 16.7 Å². The Morgan fingerprint density at radius 2 is 1.89 bits per heavy atom. The number of aryl methyl sites for hydroxylation is 1. The molecule has 0 spiro atoms. The van der Waals surface area contributed by atoms with Gasteiger partial charge in [-0.25, -0.2) is 8.42 Å². The van der Waals surface area contributed by atoms with Crippen LogP contribution in [0.25, 0.3) is 11.1 Å². The zero-order valence-corrected chi connectivity index (χ0v) is 15.4. The van der Waals surface area contributed by atoms with E-state index in [1.165, 1.54) is 4.90 Å². The van der Waals surface area contributed by atoms with Crippen molar-refractivity contribution in [2.75, 3.05) is 23.7 Å². The molecule has 0 bridgehead atoms. The molecule has 0 amide bonds. The van der Waals surface area contributed by atoms with Gasteiger partial charge in [0.25, 0.3) is 0 Å². The molecule has 1 aromatic carbocycles. The molecule has 2 aliphatic rings. The van der Waals surface area contributed by atoms with E-state index in [1.54, 1.807) is 13.0 Å². The summed E-state index contributed by atoms with van der Waals surface area (Å²) in [6, 6.07) is 11.0. The van der Waals surface area contributed by atoms with Gasteiger partial charge in [0, 0.05) is 18.7 Å². The van der Waals surface area contributed by atoms with E-state index < -0.39 is 45.4 Å². The molecule has 0 radical (unpaired) electrons. The van der Waals surface area contributed by atoms with Crippen LogP contribution in [0.15, 0.2) is 36.4 Å². The van der Waals surface area contributed by atoms with E-state index in [9.17, 15) is 21.6 Å². The molecule has 2 aromatic rings. The maximum atomic E-state index is 13.8. The van der Waals surface area contributed by atoms with Crippen LogP contribution in [-0.4, -0.2) is 48.9 Å². The van der Waals surface area contributed by atoms with Gasteiger partial charge in [-0.1, -0.05) is 30.3 Å². The van der Waals surface area contributed by atoms with E-state index in [2.05, 4.69) is 10.2 Å². The summed E-state index contributed by atoms with van der Waals surface area (Å²) < 4.78 is 66.0. The summed E-state index contributed by atoms with van der Waals surface area (Å²) >= 11 is 0. The number of hydrogen-bond acceptors (Lipinski definition) is 5. The number of rotatable bonds is 2. The Hall–Kier alpha value is -2.16. The summed E-state index contributed by atoms with van der Waals surface area (Å²) in [6.07, 6.45) is -4.98. The molecule has 3 heterocycles. The number of alkyl halides is 3. The van der Waals surface area contributed by atoms with Crippen LogP contribution in [0.4, 0.5) is 19.0 Å². The Bertz CT molecular complexity index is 979. The summed E-state index contributed by atoms with van der Waals surface area (Å²) in [7, 11) is -3.79. The SMILES string of the molecule is Cc1nnc(N2C[C@@H]3[C@@](C(F)(F)F)(CCS3(=O)=O)C2)cc1-c1ccccc1. The fourth-order valence-corrected chi connectivity index (χ4v) is 6.50. The monoisotopic (exact) mass is 397 g/mol. The minimum Gasteiger partial charge on any atom is -0.353 e. The number of hydrogen-bond donors (Lipinski definition) is 0. The molecular weight excluding hydrogens is 379 g/mol. The Kier molecular flexibility index (Phi) is 3.99. The maximum Gasteiger partial charge on any atom is 0.397 e. The van der Waals surface area contributed by atoms with Gasteiger partial charge in [-0.2, -0.15) is 18.3 Å². The Morgan fingerprint density at radius 1 is 1.19 bits per heavy atom. The summed E-state index contributed by atoms with van der Waals surface area (Å²) in [5.74, 6) is -0.146. The molecule has 2 aliphatic heterocycles. The summed E-state index contributed by atoms with van der Waals surface area (Å²) in [5.41, 5.74) is 0.0680. The van der Waals surface area contributed by atoms with E-state index in [1.807, 2.05) is 30.3 Å². The lowest BCUT2D eigenvalue weighted by Crippen LogP contribution is -2.45. The topological polar surface area (TPSA) is 63.2 Å². The van der Waals surface area contributed by atoms with Crippen molar-refractivity contribution in [1.82, 2.24) is 10.2 Å². The summed E-state index contributed by atoms with van der Waals surface area (Å²) in [5, 5.41) is 6.69. The highest BCUT2D eigenvalue weighted by Crippen LogP contribution is 2.55. The van der Waals surface area contributed by atoms with E-state index in [-0.39, 0.29) is 12.4 Å². The van der Waals surface area contributed by atoms with E-state index in [0.717, 1.165) is 11.1 Å². The van der Waals surface area contributed by atoms with Gasteiger partial charge in [0.2, 0.25) is 0 Å². The highest BCUT2D eigenvalue weighted by Gasteiger charge is 2.70. The average molecular weight is 397 g/mol. The first-order chi connectivity index (χ1) is 12.6. The fourth-order valence-electron chi connectivity index (χ4n) is 4.14. The predicted molar refractivity (Wildman–Crippen MR) is 95.1 cm³/mol. The van der Waals surface area contributed by atoms with Crippen molar-refractivity contribution in [3.05, 3.63) is 42.1 Å². The lowest BCUT2D eigenvalue weighted by atomic mass is 9.83. The first kappa shape index (κ1) is 18.2. The molecule has 2 fully saturated rings. The van der Waals surface area contributed by atoms with E-state index in [4.69, 9.17) is 0 Å². The second-order valence-corrected chi connectivity index (χ2v) is 9.51. The number of sulfone groups is 1. The van der Waals surface area contributed by atoms with Crippen LogP contribution in [0.1, 0.15) is 12.1 Å². The molecule has 0 N–H and O–H groups in total. The fraction of sp³-hybridized carbons (Fsp3) is 0.444. The van der Waals surface area contributed by atoms with Gasteiger partial charge in [-0.3, -0.25) is 0 Å². The van der Waals surface area contributed by atoms with Crippen molar-refractivity contribution in [1.29, 1.82) is 0 Å². The molecule has 4 rings (SSSR count). The molecule has 0 unspecified atom stereocenters. The number of aromatic nitrogens is 2. The van der Waals surface area contributed by atoms with Crippen LogP contribution in [-0.2, 0) is 9.84 Å². The van der Waals surface area contributed by atoms with Gasteiger partial charge in [0.1, 0.15) is 5.41 Å². The van der Waals surface area contributed by atoms with Crippen LogP contribution in [0.3, 0.4) is 0 Å². The molecule has 9 heteroatoms. The highest BCUT2D eigenvalue weighted by atomic mass is 32.2. The van der Waals surface area contributed by atoms with Crippen LogP contribution < -0.4 is 4.90 Å². The van der Waals surface area contributed by atoms with Gasteiger partial charge in [-0.15, -0.1) is 5.10 Å². The van der Waals surface area contributed by atoms with Crippen molar-refractivity contribution >= 4 is 15.7 Å².